The van der Waals surface area contributed by atoms with Crippen molar-refractivity contribution in [1.29, 1.82) is 0 Å². The molecule has 0 aromatic heterocycles. The molecule has 0 amide bonds. The molecule has 4 rings (SSSR count). The Morgan fingerprint density at radius 1 is 0.548 bits per heavy atom. The summed E-state index contributed by atoms with van der Waals surface area (Å²) in [5.74, 6) is 0. The molecule has 0 unspecified atom stereocenters. The van der Waals surface area contributed by atoms with Gasteiger partial charge in [0.05, 0.1) is 0 Å². The minimum Gasteiger partial charge on any atom is -0.356 e. The van der Waals surface area contributed by atoms with E-state index in [-0.39, 0.29) is 5.41 Å². The number of hydrogen-bond acceptors (Lipinski definition) is 1. The third-order valence-corrected chi connectivity index (χ3v) is 10.6. The van der Waals surface area contributed by atoms with Crippen molar-refractivity contribution in [2.45, 2.75) is 32.7 Å². The molecule has 0 aliphatic heterocycles. The van der Waals surface area contributed by atoms with E-state index in [1.54, 1.807) is 0 Å². The van der Waals surface area contributed by atoms with Crippen molar-refractivity contribution in [3.8, 4) is 0 Å². The summed E-state index contributed by atoms with van der Waals surface area (Å²) >= 11 is 0. The lowest BCUT2D eigenvalue weighted by Crippen LogP contribution is -2.64. The van der Waals surface area contributed by atoms with Crippen LogP contribution in [-0.4, -0.2) is 8.07 Å². The van der Waals surface area contributed by atoms with Crippen molar-refractivity contribution in [2.24, 2.45) is 0 Å². The molecule has 4 aromatic carbocycles. The smallest absolute Gasteiger partial charge is 0.145 e. The van der Waals surface area contributed by atoms with E-state index in [1.165, 1.54) is 21.1 Å². The minimum atomic E-state index is -2.05. The second-order valence-electron chi connectivity index (χ2n) is 9.39. The van der Waals surface area contributed by atoms with Crippen molar-refractivity contribution < 1.29 is 0 Å². The molecule has 4 aromatic rings. The van der Waals surface area contributed by atoms with Crippen molar-refractivity contribution in [2.75, 3.05) is 5.32 Å². The SMILES string of the molecule is CC(C)(C)c1cccc(Nc2ccc([Si](C)(c3ccccc3)c3ccccc3)cc2)c1. The van der Waals surface area contributed by atoms with Crippen LogP contribution in [0.1, 0.15) is 26.3 Å². The largest absolute Gasteiger partial charge is 0.356 e. The lowest BCUT2D eigenvalue weighted by atomic mass is 9.87. The molecule has 0 fully saturated rings. The van der Waals surface area contributed by atoms with Gasteiger partial charge in [0.2, 0.25) is 0 Å². The maximum Gasteiger partial charge on any atom is 0.145 e. The van der Waals surface area contributed by atoms with Crippen LogP contribution in [0.4, 0.5) is 11.4 Å². The normalized spacial score (nSPS) is 11.9. The quantitative estimate of drug-likeness (QED) is 0.316. The Hall–Kier alpha value is -3.10. The first kappa shape index (κ1) is 21.1. The summed E-state index contributed by atoms with van der Waals surface area (Å²) in [5.41, 5.74) is 3.72. The summed E-state index contributed by atoms with van der Waals surface area (Å²) in [7, 11) is -2.05. The number of benzene rings is 4. The average molecular weight is 422 g/mol. The first-order chi connectivity index (χ1) is 14.9. The third-order valence-electron chi connectivity index (χ3n) is 6.18. The summed E-state index contributed by atoms with van der Waals surface area (Å²) in [5, 5.41) is 7.87. The highest BCUT2D eigenvalue weighted by Gasteiger charge is 2.33. The van der Waals surface area contributed by atoms with Crippen molar-refractivity contribution in [3.63, 3.8) is 0 Å². The number of hydrogen-bond donors (Lipinski definition) is 1. The highest BCUT2D eigenvalue weighted by atomic mass is 28.3. The summed E-state index contributed by atoms with van der Waals surface area (Å²) in [4.78, 5) is 0. The van der Waals surface area contributed by atoms with Gasteiger partial charge < -0.3 is 5.32 Å². The zero-order valence-corrected chi connectivity index (χ0v) is 19.9. The van der Waals surface area contributed by atoms with Crippen LogP contribution in [0.3, 0.4) is 0 Å². The summed E-state index contributed by atoms with van der Waals surface area (Å²) in [6, 6.07) is 39.7. The van der Waals surface area contributed by atoms with Gasteiger partial charge in [0.1, 0.15) is 8.07 Å². The molecule has 0 bridgehead atoms. The van der Waals surface area contributed by atoms with Gasteiger partial charge in [-0.2, -0.15) is 0 Å². The highest BCUT2D eigenvalue weighted by molar-refractivity contribution is 7.10. The zero-order valence-electron chi connectivity index (χ0n) is 18.9. The predicted molar refractivity (Wildman–Crippen MR) is 138 cm³/mol. The standard InChI is InChI=1S/C29H31NSi/c1-29(2,3)23-12-11-13-25(22-23)30-24-18-20-28(21-19-24)31(4,26-14-7-5-8-15-26)27-16-9-6-10-17-27/h5-22,30H,1-4H3. The summed E-state index contributed by atoms with van der Waals surface area (Å²) in [6.07, 6.45) is 0. The number of anilines is 2. The van der Waals surface area contributed by atoms with Gasteiger partial charge in [-0.1, -0.05) is 112 Å². The van der Waals surface area contributed by atoms with Crippen LogP contribution in [-0.2, 0) is 5.41 Å². The molecule has 2 heteroatoms. The van der Waals surface area contributed by atoms with E-state index in [2.05, 4.69) is 142 Å². The van der Waals surface area contributed by atoms with E-state index in [9.17, 15) is 0 Å². The topological polar surface area (TPSA) is 12.0 Å². The second kappa shape index (κ2) is 8.56. The molecule has 0 heterocycles. The highest BCUT2D eigenvalue weighted by Crippen LogP contribution is 2.26. The van der Waals surface area contributed by atoms with E-state index in [0.29, 0.717) is 0 Å². The van der Waals surface area contributed by atoms with Crippen molar-refractivity contribution >= 4 is 35.0 Å². The molecule has 1 N–H and O–H groups in total. The van der Waals surface area contributed by atoms with Crippen LogP contribution in [0, 0.1) is 0 Å². The maximum atomic E-state index is 3.59. The Morgan fingerprint density at radius 2 is 1.06 bits per heavy atom. The molecule has 0 aliphatic carbocycles. The van der Waals surface area contributed by atoms with Crippen LogP contribution in [0.25, 0.3) is 0 Å². The molecule has 0 aliphatic rings. The average Bonchev–Trinajstić information content (AvgIpc) is 2.80. The van der Waals surface area contributed by atoms with E-state index in [1.807, 2.05) is 0 Å². The first-order valence-corrected chi connectivity index (χ1v) is 13.5. The predicted octanol–water partition coefficient (Wildman–Crippen LogP) is 5.83. The number of rotatable bonds is 5. The van der Waals surface area contributed by atoms with Crippen LogP contribution in [0.2, 0.25) is 6.55 Å². The second-order valence-corrected chi connectivity index (χ2v) is 13.4. The number of nitrogens with one attached hydrogen (secondary N) is 1. The fourth-order valence-electron chi connectivity index (χ4n) is 4.16. The molecule has 0 saturated carbocycles. The Bertz CT molecular complexity index is 1090. The lowest BCUT2D eigenvalue weighted by Gasteiger charge is -2.29. The van der Waals surface area contributed by atoms with Crippen LogP contribution in [0.5, 0.6) is 0 Å². The van der Waals surface area contributed by atoms with E-state index < -0.39 is 8.07 Å². The molecule has 0 spiro atoms. The fraction of sp³-hybridized carbons (Fsp3) is 0.172. The van der Waals surface area contributed by atoms with Gasteiger partial charge in [0.15, 0.2) is 0 Å². The molecule has 0 radical (unpaired) electrons. The van der Waals surface area contributed by atoms with E-state index in [4.69, 9.17) is 0 Å². The van der Waals surface area contributed by atoms with Crippen molar-refractivity contribution in [3.05, 3.63) is 115 Å². The van der Waals surface area contributed by atoms with Gasteiger partial charge in [-0.3, -0.25) is 0 Å². The molecule has 31 heavy (non-hydrogen) atoms. The molecular weight excluding hydrogens is 390 g/mol. The van der Waals surface area contributed by atoms with Crippen LogP contribution >= 0.6 is 0 Å². The molecule has 1 nitrogen and oxygen atoms in total. The Balaban J connectivity index is 1.67. The molecule has 0 atom stereocenters. The molecular formula is C29H31NSi. The van der Waals surface area contributed by atoms with Crippen LogP contribution in [0.15, 0.2) is 109 Å². The monoisotopic (exact) mass is 421 g/mol. The summed E-state index contributed by atoms with van der Waals surface area (Å²) < 4.78 is 0. The molecule has 0 saturated heterocycles. The van der Waals surface area contributed by atoms with Gasteiger partial charge in [-0.25, -0.2) is 0 Å². The first-order valence-electron chi connectivity index (χ1n) is 11.0. The van der Waals surface area contributed by atoms with E-state index >= 15 is 0 Å². The van der Waals surface area contributed by atoms with Gasteiger partial charge in [0, 0.05) is 11.4 Å². The maximum absolute atomic E-state index is 3.59. The Kier molecular flexibility index (Phi) is 5.84. The van der Waals surface area contributed by atoms with Gasteiger partial charge >= 0.3 is 0 Å². The van der Waals surface area contributed by atoms with Crippen LogP contribution < -0.4 is 20.9 Å². The zero-order chi connectivity index (χ0) is 21.9. The van der Waals surface area contributed by atoms with E-state index in [0.717, 1.165) is 11.4 Å². The van der Waals surface area contributed by atoms with Gasteiger partial charge in [0.25, 0.3) is 0 Å². The minimum absolute atomic E-state index is 0.139. The van der Waals surface area contributed by atoms with Crippen molar-refractivity contribution in [1.82, 2.24) is 0 Å². The van der Waals surface area contributed by atoms with Gasteiger partial charge in [-0.05, 0) is 50.8 Å². The molecule has 156 valence electrons. The van der Waals surface area contributed by atoms with Gasteiger partial charge in [-0.15, -0.1) is 0 Å². The fourth-order valence-corrected chi connectivity index (χ4v) is 7.71. The lowest BCUT2D eigenvalue weighted by molar-refractivity contribution is 0.590. The summed E-state index contributed by atoms with van der Waals surface area (Å²) in [6.45, 7) is 9.20. The third kappa shape index (κ3) is 4.50. The Morgan fingerprint density at radius 3 is 1.58 bits per heavy atom. The Labute approximate surface area is 187 Å².